The van der Waals surface area contributed by atoms with Gasteiger partial charge in [-0.25, -0.2) is 0 Å². The minimum Gasteiger partial charge on any atom is -0.342 e. The molecule has 1 heterocycles. The van der Waals surface area contributed by atoms with Crippen LogP contribution in [-0.2, 0) is 11.2 Å². The number of amides is 1. The first-order valence-corrected chi connectivity index (χ1v) is 6.87. The Labute approximate surface area is 120 Å². The maximum absolute atomic E-state index is 11.8. The molecular formula is C13H23ClN2OS. The molecule has 0 fully saturated rings. The average Bonchev–Trinajstić information content (AvgIpc) is 2.72. The smallest absolute Gasteiger partial charge is 0.222 e. The molecular weight excluding hydrogens is 268 g/mol. The predicted molar refractivity (Wildman–Crippen MR) is 80.5 cm³/mol. The first kappa shape index (κ1) is 17.4. The summed E-state index contributed by atoms with van der Waals surface area (Å²) in [5.41, 5.74) is 5.54. The van der Waals surface area contributed by atoms with Crippen LogP contribution in [0.3, 0.4) is 0 Å². The highest BCUT2D eigenvalue weighted by atomic mass is 35.5. The fraction of sp³-hybridized carbons (Fsp3) is 0.615. The third-order valence-corrected chi connectivity index (χ3v) is 4.07. The second kappa shape index (κ2) is 8.51. The molecule has 0 saturated heterocycles. The number of hydrogen-bond donors (Lipinski definition) is 1. The van der Waals surface area contributed by atoms with Crippen molar-refractivity contribution in [2.24, 2.45) is 5.73 Å². The average molecular weight is 291 g/mol. The summed E-state index contributed by atoms with van der Waals surface area (Å²) in [6.07, 6.45) is 2.52. The van der Waals surface area contributed by atoms with E-state index >= 15 is 0 Å². The lowest BCUT2D eigenvalue weighted by atomic mass is 10.2. The van der Waals surface area contributed by atoms with E-state index in [0.717, 1.165) is 12.8 Å². The quantitative estimate of drug-likeness (QED) is 0.875. The largest absolute Gasteiger partial charge is 0.342 e. The summed E-state index contributed by atoms with van der Waals surface area (Å²) >= 11 is 1.81. The van der Waals surface area contributed by atoms with Crippen molar-refractivity contribution >= 4 is 29.7 Å². The van der Waals surface area contributed by atoms with Crippen molar-refractivity contribution in [1.82, 2.24) is 4.90 Å². The fourth-order valence-electron chi connectivity index (χ4n) is 1.61. The highest BCUT2D eigenvalue weighted by Crippen LogP contribution is 2.17. The second-order valence-electron chi connectivity index (χ2n) is 4.46. The minimum absolute atomic E-state index is 0. The highest BCUT2D eigenvalue weighted by molar-refractivity contribution is 7.11. The second-order valence-corrected chi connectivity index (χ2v) is 5.83. The van der Waals surface area contributed by atoms with Crippen LogP contribution in [0.2, 0.25) is 0 Å². The van der Waals surface area contributed by atoms with Gasteiger partial charge in [-0.15, -0.1) is 23.7 Å². The number of halogens is 1. The van der Waals surface area contributed by atoms with Crippen molar-refractivity contribution in [2.45, 2.75) is 39.2 Å². The van der Waals surface area contributed by atoms with Crippen LogP contribution in [-0.4, -0.2) is 30.4 Å². The Hall–Kier alpha value is -0.580. The van der Waals surface area contributed by atoms with Crippen molar-refractivity contribution in [3.63, 3.8) is 0 Å². The topological polar surface area (TPSA) is 46.3 Å². The number of rotatable bonds is 6. The van der Waals surface area contributed by atoms with Crippen LogP contribution in [0.1, 0.15) is 29.5 Å². The molecule has 0 aliphatic heterocycles. The molecule has 3 nitrogen and oxygen atoms in total. The number of likely N-dealkylation sites (N-methyl/N-ethyl adjacent to an activating group) is 1. The monoisotopic (exact) mass is 290 g/mol. The lowest BCUT2D eigenvalue weighted by Gasteiger charge is -2.23. The van der Waals surface area contributed by atoms with Crippen molar-refractivity contribution in [1.29, 1.82) is 0 Å². The van der Waals surface area contributed by atoms with Crippen LogP contribution in [0.5, 0.6) is 0 Å². The van der Waals surface area contributed by atoms with E-state index in [2.05, 4.69) is 19.1 Å². The Bertz CT molecular complexity index is 368. The SMILES string of the molecule is Cc1ccc(CCCC(=O)N(C)C(C)CN)s1.Cl. The van der Waals surface area contributed by atoms with E-state index in [1.807, 2.05) is 25.3 Å². The van der Waals surface area contributed by atoms with Gasteiger partial charge in [0.15, 0.2) is 0 Å². The third kappa shape index (κ3) is 5.38. The van der Waals surface area contributed by atoms with Gasteiger partial charge in [0.25, 0.3) is 0 Å². The van der Waals surface area contributed by atoms with E-state index < -0.39 is 0 Å². The summed E-state index contributed by atoms with van der Waals surface area (Å²) in [6, 6.07) is 4.41. The van der Waals surface area contributed by atoms with E-state index in [-0.39, 0.29) is 24.4 Å². The molecule has 0 aliphatic rings. The molecule has 5 heteroatoms. The van der Waals surface area contributed by atoms with Crippen LogP contribution in [0.25, 0.3) is 0 Å². The Morgan fingerprint density at radius 3 is 2.67 bits per heavy atom. The molecule has 0 aliphatic carbocycles. The zero-order valence-corrected chi connectivity index (χ0v) is 12.9. The molecule has 1 atom stereocenters. The molecule has 18 heavy (non-hydrogen) atoms. The van der Waals surface area contributed by atoms with Crippen molar-refractivity contribution in [3.8, 4) is 0 Å². The van der Waals surface area contributed by atoms with Gasteiger partial charge in [-0.05, 0) is 38.8 Å². The minimum atomic E-state index is 0. The van der Waals surface area contributed by atoms with E-state index in [9.17, 15) is 4.79 Å². The molecule has 104 valence electrons. The number of aryl methyl sites for hydroxylation is 2. The summed E-state index contributed by atoms with van der Waals surface area (Å²) in [5.74, 6) is 0.191. The van der Waals surface area contributed by atoms with Crippen LogP contribution < -0.4 is 5.73 Å². The van der Waals surface area contributed by atoms with Gasteiger partial charge in [-0.2, -0.15) is 0 Å². The zero-order valence-electron chi connectivity index (χ0n) is 11.3. The van der Waals surface area contributed by atoms with E-state index in [4.69, 9.17) is 5.73 Å². The predicted octanol–water partition coefficient (Wildman–Crippen LogP) is 2.61. The van der Waals surface area contributed by atoms with Gasteiger partial charge in [0.1, 0.15) is 0 Å². The third-order valence-electron chi connectivity index (χ3n) is 3.01. The van der Waals surface area contributed by atoms with Crippen LogP contribution >= 0.6 is 23.7 Å². The molecule has 1 rings (SSSR count). The van der Waals surface area contributed by atoms with Gasteiger partial charge >= 0.3 is 0 Å². The summed E-state index contributed by atoms with van der Waals surface area (Å²) in [5, 5.41) is 0. The van der Waals surface area contributed by atoms with E-state index in [0.29, 0.717) is 13.0 Å². The number of thiophene rings is 1. The normalized spacial score (nSPS) is 11.8. The van der Waals surface area contributed by atoms with Crippen LogP contribution in [0.4, 0.5) is 0 Å². The summed E-state index contributed by atoms with van der Waals surface area (Å²) in [6.45, 7) is 4.60. The van der Waals surface area contributed by atoms with Crippen molar-refractivity contribution in [2.75, 3.05) is 13.6 Å². The first-order valence-electron chi connectivity index (χ1n) is 6.05. The van der Waals surface area contributed by atoms with Gasteiger partial charge in [-0.1, -0.05) is 0 Å². The summed E-state index contributed by atoms with van der Waals surface area (Å²) < 4.78 is 0. The van der Waals surface area contributed by atoms with E-state index in [1.54, 1.807) is 4.90 Å². The highest BCUT2D eigenvalue weighted by Gasteiger charge is 2.13. The number of carbonyl (C=O) groups is 1. The van der Waals surface area contributed by atoms with Gasteiger partial charge in [0.2, 0.25) is 5.91 Å². The van der Waals surface area contributed by atoms with Crippen LogP contribution in [0.15, 0.2) is 12.1 Å². The van der Waals surface area contributed by atoms with Gasteiger partial charge in [0, 0.05) is 35.8 Å². The zero-order chi connectivity index (χ0) is 12.8. The first-order chi connectivity index (χ1) is 8.04. The number of hydrogen-bond acceptors (Lipinski definition) is 3. The maximum atomic E-state index is 11.8. The molecule has 1 aromatic rings. The summed E-state index contributed by atoms with van der Waals surface area (Å²) in [7, 11) is 1.83. The lowest BCUT2D eigenvalue weighted by Crippen LogP contribution is -2.39. The Morgan fingerprint density at radius 1 is 1.50 bits per heavy atom. The standard InChI is InChI=1S/C13H22N2OS.ClH/c1-10(9-14)15(3)13(16)6-4-5-12-8-7-11(2)17-12;/h7-8,10H,4-6,9,14H2,1-3H3;1H. The van der Waals surface area contributed by atoms with Crippen molar-refractivity contribution in [3.05, 3.63) is 21.9 Å². The lowest BCUT2D eigenvalue weighted by molar-refractivity contribution is -0.131. The molecule has 0 spiro atoms. The molecule has 0 saturated carbocycles. The molecule has 1 amide bonds. The number of nitrogens with zero attached hydrogens (tertiary/aromatic N) is 1. The van der Waals surface area contributed by atoms with Gasteiger partial charge < -0.3 is 10.6 Å². The maximum Gasteiger partial charge on any atom is 0.222 e. The number of carbonyl (C=O) groups excluding carboxylic acids is 1. The molecule has 1 aromatic heterocycles. The number of nitrogens with two attached hydrogens (primary N) is 1. The van der Waals surface area contributed by atoms with E-state index in [1.165, 1.54) is 9.75 Å². The van der Waals surface area contributed by atoms with Crippen LogP contribution in [0, 0.1) is 6.92 Å². The Kier molecular flexibility index (Phi) is 8.24. The molecule has 0 bridgehead atoms. The summed E-state index contributed by atoms with van der Waals surface area (Å²) in [4.78, 5) is 16.3. The fourth-order valence-corrected chi connectivity index (χ4v) is 2.55. The van der Waals surface area contributed by atoms with Crippen molar-refractivity contribution < 1.29 is 4.79 Å². The molecule has 2 N–H and O–H groups in total. The Morgan fingerprint density at radius 2 is 2.17 bits per heavy atom. The molecule has 0 aromatic carbocycles. The Balaban J connectivity index is 0.00000289. The molecule has 0 radical (unpaired) electrons. The molecule has 1 unspecified atom stereocenters. The van der Waals surface area contributed by atoms with Gasteiger partial charge in [-0.3, -0.25) is 4.79 Å². The van der Waals surface area contributed by atoms with Gasteiger partial charge in [0.05, 0.1) is 0 Å².